The molecule has 2 rings (SSSR count). The van der Waals surface area contributed by atoms with Crippen molar-refractivity contribution in [2.24, 2.45) is 17.4 Å². The number of hydrogen-bond acceptors (Lipinski definition) is 12. The summed E-state index contributed by atoms with van der Waals surface area (Å²) in [6.07, 6.45) is 5.36. The average Bonchev–Trinajstić information content (AvgIpc) is 3.17. The van der Waals surface area contributed by atoms with E-state index in [4.69, 9.17) is 11.5 Å². The molecule has 0 aliphatic rings. The van der Waals surface area contributed by atoms with Gasteiger partial charge in [-0.3, -0.25) is 24.0 Å². The second-order valence-electron chi connectivity index (χ2n) is 14.0. The smallest absolute Gasteiger partial charge is 0.326 e. The van der Waals surface area contributed by atoms with Crippen molar-refractivity contribution >= 4 is 59.0 Å². The van der Waals surface area contributed by atoms with Gasteiger partial charge in [-0.2, -0.15) is 23.5 Å². The molecule has 0 fully saturated rings. The molecule has 0 heterocycles. The second kappa shape index (κ2) is 25.7. The highest BCUT2D eigenvalue weighted by Crippen LogP contribution is 2.15. The van der Waals surface area contributed by atoms with Gasteiger partial charge in [0, 0.05) is 12.8 Å². The number of aromatic hydroxyl groups is 2. The average molecular weight is 834 g/mol. The van der Waals surface area contributed by atoms with Crippen LogP contribution in [-0.2, 0) is 41.6 Å². The molecule has 0 aliphatic heterocycles. The van der Waals surface area contributed by atoms with Crippen molar-refractivity contribution in [1.29, 1.82) is 0 Å². The number of thioether (sulfide) groups is 2. The van der Waals surface area contributed by atoms with E-state index in [0.29, 0.717) is 48.4 Å². The molecule has 0 radical (unpaired) electrons. The standard InChI is InChI=1S/C39H59N7O9S2/c1-23(2)33(38(53)43-30(39(54)55)17-20-57-4)46-37(52)32(22-25-10-14-27(48)15-11-25)45-36(51)31(21-24-8-12-26(47)13-9-24)44-35(50)29(7-5-6-18-40)42-34(49)28(41)16-19-56-3/h8-15,23,28-33,47-48H,5-7,16-22,40-41H2,1-4H3,(H,42,49)(H,43,53)(H,44,50)(H,45,51)(H,46,52)(H,54,55)/t28-,29-,30-,31-,32-,33-/m0/s1. The van der Waals surface area contributed by atoms with E-state index in [1.54, 1.807) is 38.1 Å². The van der Waals surface area contributed by atoms with Crippen LogP contribution in [0.2, 0.25) is 0 Å². The topological polar surface area (TPSA) is 275 Å². The lowest BCUT2D eigenvalue weighted by molar-refractivity contribution is -0.142. The first-order valence-electron chi connectivity index (χ1n) is 18.8. The van der Waals surface area contributed by atoms with Gasteiger partial charge in [0.05, 0.1) is 6.04 Å². The summed E-state index contributed by atoms with van der Waals surface area (Å²) in [6.45, 7) is 3.72. The van der Waals surface area contributed by atoms with Crippen molar-refractivity contribution in [2.45, 2.75) is 95.0 Å². The normalized spacial score (nSPS) is 14.3. The van der Waals surface area contributed by atoms with Crippen molar-refractivity contribution in [1.82, 2.24) is 26.6 Å². The van der Waals surface area contributed by atoms with Gasteiger partial charge in [0.25, 0.3) is 0 Å². The Morgan fingerprint density at radius 2 is 1.04 bits per heavy atom. The van der Waals surface area contributed by atoms with Crippen LogP contribution in [-0.4, -0.2) is 118 Å². The van der Waals surface area contributed by atoms with Gasteiger partial charge in [-0.15, -0.1) is 0 Å². The first-order valence-corrected chi connectivity index (χ1v) is 21.6. The molecule has 6 atom stereocenters. The molecule has 0 spiro atoms. The van der Waals surface area contributed by atoms with Crippen LogP contribution in [0.4, 0.5) is 0 Å². The fourth-order valence-electron chi connectivity index (χ4n) is 5.66. The summed E-state index contributed by atoms with van der Waals surface area (Å²) < 4.78 is 0. The second-order valence-corrected chi connectivity index (χ2v) is 16.0. The van der Waals surface area contributed by atoms with Crippen molar-refractivity contribution < 1.29 is 44.1 Å². The molecule has 12 N–H and O–H groups in total. The molecule has 0 bridgehead atoms. The van der Waals surface area contributed by atoms with E-state index in [1.165, 1.54) is 47.8 Å². The van der Waals surface area contributed by atoms with Crippen LogP contribution in [0.3, 0.4) is 0 Å². The van der Waals surface area contributed by atoms with E-state index in [1.807, 2.05) is 12.5 Å². The molecular weight excluding hydrogens is 775 g/mol. The monoisotopic (exact) mass is 833 g/mol. The zero-order chi connectivity index (χ0) is 42.5. The molecule has 0 unspecified atom stereocenters. The first kappa shape index (κ1) is 48.6. The molecule has 0 saturated heterocycles. The van der Waals surface area contributed by atoms with E-state index in [-0.39, 0.29) is 37.2 Å². The number of hydrogen-bond donors (Lipinski definition) is 10. The Labute approximate surface area is 342 Å². The number of rotatable bonds is 26. The summed E-state index contributed by atoms with van der Waals surface area (Å²) in [5.41, 5.74) is 12.9. The van der Waals surface area contributed by atoms with E-state index in [0.717, 1.165) is 0 Å². The predicted octanol–water partition coefficient (Wildman–Crippen LogP) is 1.01. The van der Waals surface area contributed by atoms with Crippen molar-refractivity contribution in [2.75, 3.05) is 30.6 Å². The van der Waals surface area contributed by atoms with Gasteiger partial charge >= 0.3 is 5.97 Å². The molecule has 2 aromatic carbocycles. The zero-order valence-electron chi connectivity index (χ0n) is 33.0. The predicted molar refractivity (Wildman–Crippen MR) is 223 cm³/mol. The van der Waals surface area contributed by atoms with Crippen LogP contribution >= 0.6 is 23.5 Å². The minimum absolute atomic E-state index is 0.0161. The molecule has 5 amide bonds. The van der Waals surface area contributed by atoms with E-state index < -0.39 is 77.7 Å². The first-order chi connectivity index (χ1) is 27.1. The van der Waals surface area contributed by atoms with Crippen LogP contribution < -0.4 is 38.1 Å². The number of benzene rings is 2. The molecule has 0 saturated carbocycles. The third-order valence-electron chi connectivity index (χ3n) is 9.04. The number of phenolic OH excluding ortho intramolecular Hbond substituents is 2. The van der Waals surface area contributed by atoms with Crippen molar-refractivity contribution in [3.63, 3.8) is 0 Å². The Hall–Kier alpha value is -4.52. The van der Waals surface area contributed by atoms with Gasteiger partial charge in [0.1, 0.15) is 41.7 Å². The van der Waals surface area contributed by atoms with E-state index in [9.17, 15) is 44.1 Å². The zero-order valence-corrected chi connectivity index (χ0v) is 34.6. The lowest BCUT2D eigenvalue weighted by atomic mass is 9.99. The Morgan fingerprint density at radius 1 is 0.596 bits per heavy atom. The molecule has 57 heavy (non-hydrogen) atoms. The van der Waals surface area contributed by atoms with Crippen LogP contribution in [0, 0.1) is 5.92 Å². The van der Waals surface area contributed by atoms with E-state index >= 15 is 0 Å². The number of unbranched alkanes of at least 4 members (excludes halogenated alkanes) is 1. The third-order valence-corrected chi connectivity index (χ3v) is 10.3. The summed E-state index contributed by atoms with van der Waals surface area (Å²) in [5.74, 6) is -4.07. The molecule has 16 nitrogen and oxygen atoms in total. The van der Waals surface area contributed by atoms with Crippen LogP contribution in [0.25, 0.3) is 0 Å². The maximum absolute atomic E-state index is 14.2. The Kier molecular flexibility index (Phi) is 21.9. The van der Waals surface area contributed by atoms with Gasteiger partial charge in [-0.05, 0) is 104 Å². The summed E-state index contributed by atoms with van der Waals surface area (Å²) >= 11 is 2.95. The lowest BCUT2D eigenvalue weighted by Gasteiger charge is -2.28. The van der Waals surface area contributed by atoms with E-state index in [2.05, 4.69) is 26.6 Å². The molecule has 2 aromatic rings. The number of phenols is 2. The van der Waals surface area contributed by atoms with Crippen LogP contribution in [0.15, 0.2) is 48.5 Å². The summed E-state index contributed by atoms with van der Waals surface area (Å²) in [7, 11) is 0. The summed E-state index contributed by atoms with van der Waals surface area (Å²) in [4.78, 5) is 80.5. The number of amides is 5. The van der Waals surface area contributed by atoms with Crippen molar-refractivity contribution in [3.05, 3.63) is 59.7 Å². The highest BCUT2D eigenvalue weighted by molar-refractivity contribution is 7.98. The number of carbonyl (C=O) groups is 6. The number of nitrogens with two attached hydrogens (primary N) is 2. The summed E-state index contributed by atoms with van der Waals surface area (Å²) in [5, 5.41) is 42.8. The van der Waals surface area contributed by atoms with Gasteiger partial charge in [0.15, 0.2) is 0 Å². The number of aliphatic carboxylic acids is 1. The minimum Gasteiger partial charge on any atom is -0.508 e. The fraction of sp³-hybridized carbons (Fsp3) is 0.538. The molecule has 316 valence electrons. The Morgan fingerprint density at radius 3 is 1.49 bits per heavy atom. The van der Waals surface area contributed by atoms with Crippen LogP contribution in [0.5, 0.6) is 11.5 Å². The maximum Gasteiger partial charge on any atom is 0.326 e. The Bertz CT molecular complexity index is 1600. The summed E-state index contributed by atoms with van der Waals surface area (Å²) in [6, 6.07) is 5.03. The van der Waals surface area contributed by atoms with Gasteiger partial charge < -0.3 is 53.4 Å². The molecule has 0 aliphatic carbocycles. The molecule has 18 heteroatoms. The number of carboxylic acids is 1. The SMILES string of the molecule is CSCC[C@H](NC(=O)[C@@H](NC(=O)[C@H](Cc1ccc(O)cc1)NC(=O)[C@H](Cc1ccc(O)cc1)NC(=O)[C@H](CCCCN)NC(=O)[C@@H](N)CCSC)C(C)C)C(=O)O. The van der Waals surface area contributed by atoms with Gasteiger partial charge in [-0.25, -0.2) is 4.79 Å². The quantitative estimate of drug-likeness (QED) is 0.0594. The van der Waals surface area contributed by atoms with Crippen LogP contribution in [0.1, 0.15) is 57.1 Å². The minimum atomic E-state index is -1.32. The Balaban J connectivity index is 2.47. The molecular formula is C39H59N7O9S2. The number of nitrogens with one attached hydrogen (secondary N) is 5. The fourth-order valence-corrected chi connectivity index (χ4v) is 6.62. The van der Waals surface area contributed by atoms with Crippen molar-refractivity contribution in [3.8, 4) is 11.5 Å². The lowest BCUT2D eigenvalue weighted by Crippen LogP contribution is -2.60. The van der Waals surface area contributed by atoms with Gasteiger partial charge in [-0.1, -0.05) is 38.1 Å². The number of carbonyl (C=O) groups excluding carboxylic acids is 5. The highest BCUT2D eigenvalue weighted by atomic mass is 32.2. The largest absolute Gasteiger partial charge is 0.508 e. The third kappa shape index (κ3) is 17.7. The highest BCUT2D eigenvalue weighted by Gasteiger charge is 2.34. The number of carboxylic acid groups (broad SMARTS) is 1. The molecule has 0 aromatic heterocycles. The maximum atomic E-state index is 14.2. The van der Waals surface area contributed by atoms with Gasteiger partial charge in [0.2, 0.25) is 29.5 Å².